The second kappa shape index (κ2) is 8.99. The van der Waals surface area contributed by atoms with Crippen LogP contribution in [0, 0.1) is 6.92 Å². The van der Waals surface area contributed by atoms with Crippen molar-refractivity contribution in [2.75, 3.05) is 4.90 Å². The summed E-state index contributed by atoms with van der Waals surface area (Å²) in [5.41, 5.74) is 0. The molecule has 3 rings (SSSR count). The van der Waals surface area contributed by atoms with Crippen LogP contribution in [-0.2, 0) is 14.3 Å². The maximum atomic E-state index is 13.0. The van der Waals surface area contributed by atoms with Crippen LogP contribution in [0.15, 0.2) is 34.2 Å². The molecule has 2 aromatic heterocycles. The van der Waals surface area contributed by atoms with E-state index in [1.54, 1.807) is 24.1 Å². The Morgan fingerprint density at radius 1 is 1.33 bits per heavy atom. The van der Waals surface area contributed by atoms with Gasteiger partial charge in [-0.25, -0.2) is 9.78 Å². The third kappa shape index (κ3) is 5.07. The van der Waals surface area contributed by atoms with Gasteiger partial charge in [-0.15, -0.1) is 11.3 Å². The van der Waals surface area contributed by atoms with Crippen LogP contribution >= 0.6 is 11.3 Å². The Hall–Kier alpha value is -2.41. The zero-order valence-electron chi connectivity index (χ0n) is 15.6. The number of thiazole rings is 1. The van der Waals surface area contributed by atoms with E-state index >= 15 is 0 Å². The van der Waals surface area contributed by atoms with Gasteiger partial charge in [0.25, 0.3) is 5.91 Å². The van der Waals surface area contributed by atoms with Gasteiger partial charge < -0.3 is 9.15 Å². The summed E-state index contributed by atoms with van der Waals surface area (Å²) in [5, 5.41) is 2.51. The van der Waals surface area contributed by atoms with Gasteiger partial charge in [-0.2, -0.15) is 0 Å². The van der Waals surface area contributed by atoms with Crippen molar-refractivity contribution in [2.24, 2.45) is 0 Å². The quantitative estimate of drug-likeness (QED) is 0.543. The number of carbonyl (C=O) groups is 2. The van der Waals surface area contributed by atoms with Crippen molar-refractivity contribution in [3.05, 3.63) is 41.3 Å². The van der Waals surface area contributed by atoms with Crippen LogP contribution in [0.4, 0.5) is 5.13 Å². The van der Waals surface area contributed by atoms with Crippen molar-refractivity contribution in [1.82, 2.24) is 4.98 Å². The summed E-state index contributed by atoms with van der Waals surface area (Å²) in [5.74, 6) is 0.522. The third-order valence-electron chi connectivity index (χ3n) is 4.59. The first-order valence-corrected chi connectivity index (χ1v) is 10.1. The Morgan fingerprint density at radius 2 is 2.11 bits per heavy atom. The van der Waals surface area contributed by atoms with Crippen LogP contribution in [0.2, 0.25) is 0 Å². The van der Waals surface area contributed by atoms with Crippen molar-refractivity contribution < 1.29 is 18.7 Å². The second-order valence-electron chi connectivity index (χ2n) is 6.68. The second-order valence-corrected chi connectivity index (χ2v) is 7.55. The number of nitrogens with zero attached hydrogens (tertiary/aromatic N) is 2. The molecule has 144 valence electrons. The molecular weight excluding hydrogens is 364 g/mol. The number of aromatic nitrogens is 1. The molecule has 0 N–H and O–H groups in total. The molecule has 0 saturated heterocycles. The molecule has 27 heavy (non-hydrogen) atoms. The van der Waals surface area contributed by atoms with Crippen molar-refractivity contribution in [1.29, 1.82) is 0 Å². The number of anilines is 1. The van der Waals surface area contributed by atoms with Crippen LogP contribution in [-0.4, -0.2) is 29.0 Å². The maximum Gasteiger partial charge on any atom is 0.331 e. The minimum Gasteiger partial charge on any atom is -0.462 e. The Morgan fingerprint density at radius 3 is 2.74 bits per heavy atom. The van der Waals surface area contributed by atoms with Crippen molar-refractivity contribution in [3.8, 4) is 0 Å². The van der Waals surface area contributed by atoms with E-state index in [9.17, 15) is 9.59 Å². The Balaban J connectivity index is 1.65. The van der Waals surface area contributed by atoms with Gasteiger partial charge in [0.05, 0.1) is 0 Å². The van der Waals surface area contributed by atoms with E-state index in [1.165, 1.54) is 29.9 Å². The number of ether oxygens (including phenoxy) is 1. The summed E-state index contributed by atoms with van der Waals surface area (Å²) in [4.78, 5) is 31.1. The summed E-state index contributed by atoms with van der Waals surface area (Å²) < 4.78 is 10.7. The van der Waals surface area contributed by atoms with Crippen molar-refractivity contribution >= 4 is 34.4 Å². The van der Waals surface area contributed by atoms with Crippen LogP contribution < -0.4 is 4.90 Å². The zero-order valence-corrected chi connectivity index (χ0v) is 16.4. The van der Waals surface area contributed by atoms with E-state index in [1.807, 2.05) is 18.4 Å². The highest BCUT2D eigenvalue weighted by molar-refractivity contribution is 7.13. The molecule has 1 aliphatic rings. The SMILES string of the molecule is Cc1ccc(/C=C/C(=O)OC(C)C(=O)N(c2nccs2)C2CCCCC2)o1. The lowest BCUT2D eigenvalue weighted by Gasteiger charge is -2.33. The third-order valence-corrected chi connectivity index (χ3v) is 5.36. The highest BCUT2D eigenvalue weighted by Gasteiger charge is 2.32. The fraction of sp³-hybridized carbons (Fsp3) is 0.450. The van der Waals surface area contributed by atoms with E-state index in [4.69, 9.17) is 9.15 Å². The summed E-state index contributed by atoms with van der Waals surface area (Å²) in [6.07, 6.45) is 8.90. The molecule has 1 amide bonds. The number of hydrogen-bond donors (Lipinski definition) is 0. The Kier molecular flexibility index (Phi) is 6.45. The molecule has 1 fully saturated rings. The predicted molar refractivity (Wildman–Crippen MR) is 105 cm³/mol. The fourth-order valence-electron chi connectivity index (χ4n) is 3.26. The van der Waals surface area contributed by atoms with Gasteiger partial charge in [0.2, 0.25) is 0 Å². The number of carbonyl (C=O) groups excluding carboxylic acids is 2. The van der Waals surface area contributed by atoms with E-state index < -0.39 is 12.1 Å². The average molecular weight is 388 g/mol. The first-order valence-electron chi connectivity index (χ1n) is 9.22. The fourth-order valence-corrected chi connectivity index (χ4v) is 3.98. The molecule has 7 heteroatoms. The molecule has 0 aromatic carbocycles. The van der Waals surface area contributed by atoms with E-state index in [-0.39, 0.29) is 11.9 Å². The van der Waals surface area contributed by atoms with Crippen LogP contribution in [0.3, 0.4) is 0 Å². The average Bonchev–Trinajstić information content (AvgIpc) is 3.33. The molecule has 1 atom stereocenters. The van der Waals surface area contributed by atoms with Gasteiger partial charge in [-0.05, 0) is 44.9 Å². The van der Waals surface area contributed by atoms with Gasteiger partial charge in [-0.1, -0.05) is 19.3 Å². The highest BCUT2D eigenvalue weighted by Crippen LogP contribution is 2.29. The molecule has 1 aliphatic carbocycles. The number of rotatable bonds is 6. The number of amides is 1. The minimum atomic E-state index is -0.883. The summed E-state index contributed by atoms with van der Waals surface area (Å²) in [7, 11) is 0. The highest BCUT2D eigenvalue weighted by atomic mass is 32.1. The first-order chi connectivity index (χ1) is 13.0. The standard InChI is InChI=1S/C20H24N2O4S/c1-14-8-9-17(25-14)10-11-18(23)26-15(2)19(24)22(20-21-12-13-27-20)16-6-4-3-5-7-16/h8-13,15-16H,3-7H2,1-2H3/b11-10+. The monoisotopic (exact) mass is 388 g/mol. The molecule has 1 unspecified atom stereocenters. The summed E-state index contributed by atoms with van der Waals surface area (Å²) in [6.45, 7) is 3.43. The number of hydrogen-bond acceptors (Lipinski definition) is 6. The predicted octanol–water partition coefficient (Wildman–Crippen LogP) is 4.36. The molecule has 0 spiro atoms. The van der Waals surface area contributed by atoms with Crippen LogP contribution in [0.1, 0.15) is 50.5 Å². The first kappa shape index (κ1) is 19.4. The molecule has 0 radical (unpaired) electrons. The van der Waals surface area contributed by atoms with Gasteiger partial charge >= 0.3 is 5.97 Å². The zero-order chi connectivity index (χ0) is 19.2. The van der Waals surface area contributed by atoms with Gasteiger partial charge in [-0.3, -0.25) is 9.69 Å². The van der Waals surface area contributed by atoms with Crippen molar-refractivity contribution in [3.63, 3.8) is 0 Å². The molecule has 0 aliphatic heterocycles. The topological polar surface area (TPSA) is 72.6 Å². The van der Waals surface area contributed by atoms with Crippen molar-refractivity contribution in [2.45, 2.75) is 58.1 Å². The Bertz CT molecular complexity index is 791. The van der Waals surface area contributed by atoms with Crippen LogP contribution in [0.25, 0.3) is 6.08 Å². The molecule has 1 saturated carbocycles. The number of aryl methyl sites for hydroxylation is 1. The van der Waals surface area contributed by atoms with Gasteiger partial charge in [0.15, 0.2) is 11.2 Å². The largest absolute Gasteiger partial charge is 0.462 e. The lowest BCUT2D eigenvalue weighted by Crippen LogP contribution is -2.47. The van der Waals surface area contributed by atoms with Gasteiger partial charge in [0, 0.05) is 23.7 Å². The number of esters is 1. The van der Waals surface area contributed by atoms with Crippen LogP contribution in [0.5, 0.6) is 0 Å². The molecule has 6 nitrogen and oxygen atoms in total. The van der Waals surface area contributed by atoms with E-state index in [0.29, 0.717) is 10.9 Å². The van der Waals surface area contributed by atoms with Gasteiger partial charge in [0.1, 0.15) is 11.5 Å². The molecule has 0 bridgehead atoms. The van der Waals surface area contributed by atoms with E-state index in [0.717, 1.165) is 31.4 Å². The lowest BCUT2D eigenvalue weighted by atomic mass is 9.94. The summed E-state index contributed by atoms with van der Waals surface area (Å²) in [6, 6.07) is 3.69. The molecule has 2 aromatic rings. The lowest BCUT2D eigenvalue weighted by molar-refractivity contribution is -0.149. The Labute approximate surface area is 162 Å². The number of furan rings is 1. The smallest absolute Gasteiger partial charge is 0.331 e. The van der Waals surface area contributed by atoms with E-state index in [2.05, 4.69) is 4.98 Å². The minimum absolute atomic E-state index is 0.111. The summed E-state index contributed by atoms with van der Waals surface area (Å²) >= 11 is 1.43. The maximum absolute atomic E-state index is 13.0. The normalized spacial score (nSPS) is 16.4. The molecular formula is C20H24N2O4S. The molecule has 2 heterocycles.